The lowest BCUT2D eigenvalue weighted by molar-refractivity contribution is -0.110. The first-order valence-electron chi connectivity index (χ1n) is 5.69. The van der Waals surface area contributed by atoms with Crippen molar-refractivity contribution < 1.29 is 9.18 Å². The lowest BCUT2D eigenvalue weighted by Crippen LogP contribution is -2.03. The maximum atomic E-state index is 13.9. The van der Waals surface area contributed by atoms with Gasteiger partial charge in [0.25, 0.3) is 5.91 Å². The van der Waals surface area contributed by atoms with Crippen molar-refractivity contribution in [2.75, 3.05) is 5.32 Å². The number of benzene rings is 1. The second kappa shape index (κ2) is 5.00. The van der Waals surface area contributed by atoms with Crippen LogP contribution in [0.25, 0.3) is 11.6 Å². The lowest BCUT2D eigenvalue weighted by atomic mass is 10.1. The average molecular weight is 354 g/mol. The summed E-state index contributed by atoms with van der Waals surface area (Å²) in [6, 6.07) is 6.38. The average Bonchev–Trinajstić information content (AvgIpc) is 2.70. The number of hydrogen-bond acceptors (Lipinski definition) is 2. The number of rotatable bonds is 1. The number of fused-ring (bicyclic) bond motifs is 1. The molecule has 3 nitrogen and oxygen atoms in total. The molecule has 0 fully saturated rings. The van der Waals surface area contributed by atoms with Gasteiger partial charge in [0, 0.05) is 16.2 Å². The molecule has 1 aliphatic heterocycles. The standard InChI is InChI=1S/C14H7BrClFN2O/c15-8-5-11-13(18-6-8)9(14(20)19-11)4-7-2-1-3-10(16)12(7)17/h1-6H,(H,19,20). The van der Waals surface area contributed by atoms with Crippen molar-refractivity contribution in [3.05, 3.63) is 57.0 Å². The molecule has 1 aliphatic rings. The van der Waals surface area contributed by atoms with Gasteiger partial charge in [-0.25, -0.2) is 4.39 Å². The van der Waals surface area contributed by atoms with Crippen LogP contribution in [0.1, 0.15) is 11.3 Å². The minimum absolute atomic E-state index is 0.0155. The Morgan fingerprint density at radius 1 is 1.40 bits per heavy atom. The number of halogens is 3. The van der Waals surface area contributed by atoms with Crippen LogP contribution in [0.3, 0.4) is 0 Å². The molecule has 100 valence electrons. The van der Waals surface area contributed by atoms with Crippen molar-refractivity contribution in [3.8, 4) is 0 Å². The summed E-state index contributed by atoms with van der Waals surface area (Å²) < 4.78 is 14.6. The van der Waals surface area contributed by atoms with Crippen LogP contribution in [0.15, 0.2) is 34.9 Å². The highest BCUT2D eigenvalue weighted by Gasteiger charge is 2.26. The smallest absolute Gasteiger partial charge is 0.258 e. The van der Waals surface area contributed by atoms with Gasteiger partial charge in [-0.3, -0.25) is 9.78 Å². The number of nitrogens with zero attached hydrogens (tertiary/aromatic N) is 1. The first-order valence-corrected chi connectivity index (χ1v) is 6.86. The van der Waals surface area contributed by atoms with Gasteiger partial charge in [-0.1, -0.05) is 23.7 Å². The summed E-state index contributed by atoms with van der Waals surface area (Å²) in [6.07, 6.45) is 3.03. The van der Waals surface area contributed by atoms with Crippen LogP contribution < -0.4 is 5.32 Å². The molecular weight excluding hydrogens is 347 g/mol. The number of pyridine rings is 1. The van der Waals surface area contributed by atoms with E-state index in [0.717, 1.165) is 4.47 Å². The Labute approximate surface area is 127 Å². The molecule has 6 heteroatoms. The van der Waals surface area contributed by atoms with Crippen molar-refractivity contribution in [2.45, 2.75) is 0 Å². The zero-order valence-electron chi connectivity index (χ0n) is 9.95. The summed E-state index contributed by atoms with van der Waals surface area (Å²) in [5, 5.41) is 2.70. The van der Waals surface area contributed by atoms with E-state index in [9.17, 15) is 9.18 Å². The van der Waals surface area contributed by atoms with Crippen molar-refractivity contribution in [1.82, 2.24) is 4.98 Å². The van der Waals surface area contributed by atoms with Gasteiger partial charge in [0.05, 0.1) is 22.0 Å². The molecule has 2 heterocycles. The van der Waals surface area contributed by atoms with E-state index in [1.54, 1.807) is 24.4 Å². The third-order valence-corrected chi connectivity index (χ3v) is 3.61. The minimum Gasteiger partial charge on any atom is -0.320 e. The fourth-order valence-corrected chi connectivity index (χ4v) is 2.48. The molecule has 1 amide bonds. The van der Waals surface area contributed by atoms with Gasteiger partial charge in [-0.15, -0.1) is 0 Å². The van der Waals surface area contributed by atoms with E-state index in [1.807, 2.05) is 0 Å². The fraction of sp³-hybridized carbons (Fsp3) is 0. The lowest BCUT2D eigenvalue weighted by Gasteiger charge is -2.01. The van der Waals surface area contributed by atoms with Crippen LogP contribution in [0.5, 0.6) is 0 Å². The number of nitrogens with one attached hydrogen (secondary N) is 1. The van der Waals surface area contributed by atoms with Crippen LogP contribution >= 0.6 is 27.5 Å². The highest BCUT2D eigenvalue weighted by molar-refractivity contribution is 9.10. The van der Waals surface area contributed by atoms with E-state index in [-0.39, 0.29) is 16.5 Å². The topological polar surface area (TPSA) is 42.0 Å². The van der Waals surface area contributed by atoms with E-state index >= 15 is 0 Å². The fourth-order valence-electron chi connectivity index (χ4n) is 1.97. The summed E-state index contributed by atoms with van der Waals surface area (Å²) in [5.74, 6) is -0.870. The van der Waals surface area contributed by atoms with Crippen molar-refractivity contribution in [2.24, 2.45) is 0 Å². The Kier molecular flexibility index (Phi) is 3.31. The summed E-state index contributed by atoms with van der Waals surface area (Å²) in [4.78, 5) is 16.1. The molecule has 1 aromatic carbocycles. The van der Waals surface area contributed by atoms with Gasteiger partial charge < -0.3 is 5.32 Å². The molecule has 2 aromatic rings. The molecule has 0 spiro atoms. The van der Waals surface area contributed by atoms with E-state index < -0.39 is 5.82 Å². The van der Waals surface area contributed by atoms with E-state index in [2.05, 4.69) is 26.2 Å². The highest BCUT2D eigenvalue weighted by atomic mass is 79.9. The molecule has 1 N–H and O–H groups in total. The third kappa shape index (κ3) is 2.23. The predicted octanol–water partition coefficient (Wildman–Crippen LogP) is 4.13. The number of hydrogen-bond donors (Lipinski definition) is 1. The molecule has 20 heavy (non-hydrogen) atoms. The summed E-state index contributed by atoms with van der Waals surface area (Å²) in [5.41, 5.74) is 1.66. The van der Waals surface area contributed by atoms with E-state index in [1.165, 1.54) is 12.1 Å². The molecular formula is C14H7BrClFN2O. The van der Waals surface area contributed by atoms with Crippen LogP contribution in [-0.2, 0) is 4.79 Å². The minimum atomic E-state index is -0.556. The Balaban J connectivity index is 2.14. The second-order valence-electron chi connectivity index (χ2n) is 4.20. The zero-order chi connectivity index (χ0) is 14.3. The third-order valence-electron chi connectivity index (χ3n) is 2.88. The van der Waals surface area contributed by atoms with Crippen LogP contribution in [0, 0.1) is 5.82 Å². The first kappa shape index (κ1) is 13.3. The Morgan fingerprint density at radius 3 is 3.00 bits per heavy atom. The maximum absolute atomic E-state index is 13.9. The summed E-state index contributed by atoms with van der Waals surface area (Å²) >= 11 is 9.01. The number of carbonyl (C=O) groups excluding carboxylic acids is 1. The molecule has 1 aromatic heterocycles. The van der Waals surface area contributed by atoms with Gasteiger partial charge in [0.1, 0.15) is 5.82 Å². The van der Waals surface area contributed by atoms with E-state index in [0.29, 0.717) is 17.0 Å². The quantitative estimate of drug-likeness (QED) is 0.783. The molecule has 0 radical (unpaired) electrons. The predicted molar refractivity (Wildman–Crippen MR) is 79.8 cm³/mol. The van der Waals surface area contributed by atoms with Gasteiger partial charge in [0.15, 0.2) is 0 Å². The van der Waals surface area contributed by atoms with Crippen LogP contribution in [0.2, 0.25) is 5.02 Å². The van der Waals surface area contributed by atoms with Crippen molar-refractivity contribution in [3.63, 3.8) is 0 Å². The number of carbonyl (C=O) groups is 1. The van der Waals surface area contributed by atoms with Crippen molar-refractivity contribution in [1.29, 1.82) is 0 Å². The summed E-state index contributed by atoms with van der Waals surface area (Å²) in [7, 11) is 0. The van der Waals surface area contributed by atoms with Crippen LogP contribution in [0.4, 0.5) is 10.1 Å². The van der Waals surface area contributed by atoms with Gasteiger partial charge in [0.2, 0.25) is 0 Å². The molecule has 0 unspecified atom stereocenters. The largest absolute Gasteiger partial charge is 0.320 e. The first-order chi connectivity index (χ1) is 9.56. The maximum Gasteiger partial charge on any atom is 0.258 e. The normalized spacial score (nSPS) is 15.3. The molecule has 0 atom stereocenters. The monoisotopic (exact) mass is 352 g/mol. The number of anilines is 1. The van der Waals surface area contributed by atoms with E-state index in [4.69, 9.17) is 11.6 Å². The Hall–Kier alpha value is -1.72. The number of amides is 1. The van der Waals surface area contributed by atoms with Crippen molar-refractivity contribution >= 4 is 50.8 Å². The highest BCUT2D eigenvalue weighted by Crippen LogP contribution is 2.33. The van der Waals surface area contributed by atoms with Crippen LogP contribution in [-0.4, -0.2) is 10.9 Å². The zero-order valence-corrected chi connectivity index (χ0v) is 12.3. The molecule has 0 bridgehead atoms. The second-order valence-corrected chi connectivity index (χ2v) is 5.53. The molecule has 0 saturated carbocycles. The molecule has 3 rings (SSSR count). The SMILES string of the molecule is O=C1Nc2cc(Br)cnc2C1=Cc1cccc(Cl)c1F. The summed E-state index contributed by atoms with van der Waals surface area (Å²) in [6.45, 7) is 0. The Morgan fingerprint density at radius 2 is 2.20 bits per heavy atom. The number of aromatic nitrogens is 1. The molecule has 0 saturated heterocycles. The van der Waals surface area contributed by atoms with Gasteiger partial charge >= 0.3 is 0 Å². The van der Waals surface area contributed by atoms with Gasteiger partial charge in [-0.05, 0) is 34.1 Å². The Bertz CT molecular complexity index is 761. The van der Waals surface area contributed by atoms with Gasteiger partial charge in [-0.2, -0.15) is 0 Å². The molecule has 0 aliphatic carbocycles.